The Balaban J connectivity index is 1.84. The monoisotopic (exact) mass is 309 g/mol. The number of benzene rings is 1. The van der Waals surface area contributed by atoms with Crippen LogP contribution in [-0.2, 0) is 10.0 Å². The van der Waals surface area contributed by atoms with Crippen molar-refractivity contribution in [2.45, 2.75) is 30.6 Å². The number of carbonyl (C=O) groups is 1. The first-order valence-corrected chi connectivity index (χ1v) is 8.37. The summed E-state index contributed by atoms with van der Waals surface area (Å²) in [4.78, 5) is 11.7. The average Bonchev–Trinajstić information content (AvgIpc) is 2.91. The van der Waals surface area contributed by atoms with Gasteiger partial charge in [0.25, 0.3) is 0 Å². The standard InChI is InChI=1S/C14H19N3O3S/c15-21(19,20)13-7-5-12(6-8-13)17-14(18)16-10-9-11-3-1-2-4-11/h5-11H,1-4H2,(H2,15,19,20)(H2,16,17,18)/b10-9+. The molecule has 1 aromatic rings. The summed E-state index contributed by atoms with van der Waals surface area (Å²) in [6, 6.07) is 5.30. The van der Waals surface area contributed by atoms with E-state index in [1.165, 1.54) is 49.9 Å². The topological polar surface area (TPSA) is 101 Å². The first-order chi connectivity index (χ1) is 9.95. The molecule has 2 rings (SSSR count). The molecule has 1 aromatic carbocycles. The normalized spacial score (nSPS) is 16.2. The first kappa shape index (κ1) is 15.5. The summed E-state index contributed by atoms with van der Waals surface area (Å²) in [5.41, 5.74) is 0.495. The Labute approximate surface area is 124 Å². The van der Waals surface area contributed by atoms with Crippen molar-refractivity contribution in [2.75, 3.05) is 5.32 Å². The molecule has 0 heterocycles. The number of primary sulfonamides is 1. The number of nitrogens with two attached hydrogens (primary N) is 1. The van der Waals surface area contributed by atoms with E-state index < -0.39 is 10.0 Å². The lowest BCUT2D eigenvalue weighted by molar-refractivity contribution is 0.255. The minimum absolute atomic E-state index is 0.00888. The van der Waals surface area contributed by atoms with Gasteiger partial charge in [0.15, 0.2) is 0 Å². The highest BCUT2D eigenvalue weighted by Gasteiger charge is 2.11. The van der Waals surface area contributed by atoms with Crippen molar-refractivity contribution in [2.24, 2.45) is 11.1 Å². The van der Waals surface area contributed by atoms with Gasteiger partial charge in [0.2, 0.25) is 10.0 Å². The van der Waals surface area contributed by atoms with E-state index in [4.69, 9.17) is 5.14 Å². The van der Waals surface area contributed by atoms with Gasteiger partial charge >= 0.3 is 6.03 Å². The molecule has 0 bridgehead atoms. The van der Waals surface area contributed by atoms with Crippen LogP contribution in [-0.4, -0.2) is 14.4 Å². The number of urea groups is 1. The minimum Gasteiger partial charge on any atom is -0.315 e. The quantitative estimate of drug-likeness (QED) is 0.794. The molecule has 114 valence electrons. The molecule has 1 fully saturated rings. The second-order valence-corrected chi connectivity index (χ2v) is 6.63. The van der Waals surface area contributed by atoms with Gasteiger partial charge in [0, 0.05) is 11.9 Å². The van der Waals surface area contributed by atoms with Gasteiger partial charge in [0.1, 0.15) is 0 Å². The number of carbonyl (C=O) groups excluding carboxylic acids is 1. The van der Waals surface area contributed by atoms with Crippen LogP contribution in [0.2, 0.25) is 0 Å². The van der Waals surface area contributed by atoms with Crippen LogP contribution in [0.3, 0.4) is 0 Å². The van der Waals surface area contributed by atoms with Gasteiger partial charge in [0.05, 0.1) is 4.90 Å². The molecule has 0 aliphatic heterocycles. The van der Waals surface area contributed by atoms with Gasteiger partial charge < -0.3 is 10.6 Å². The van der Waals surface area contributed by atoms with Gasteiger partial charge in [-0.1, -0.05) is 18.9 Å². The van der Waals surface area contributed by atoms with E-state index in [0.29, 0.717) is 11.6 Å². The fourth-order valence-corrected chi connectivity index (χ4v) is 2.82. The molecule has 21 heavy (non-hydrogen) atoms. The van der Waals surface area contributed by atoms with Crippen molar-refractivity contribution in [1.82, 2.24) is 5.32 Å². The van der Waals surface area contributed by atoms with Crippen LogP contribution in [0.15, 0.2) is 41.4 Å². The van der Waals surface area contributed by atoms with E-state index >= 15 is 0 Å². The maximum absolute atomic E-state index is 11.7. The molecule has 6 nitrogen and oxygen atoms in total. The maximum Gasteiger partial charge on any atom is 0.323 e. The highest BCUT2D eigenvalue weighted by Crippen LogP contribution is 2.25. The van der Waals surface area contributed by atoms with Crippen molar-refractivity contribution in [3.05, 3.63) is 36.5 Å². The van der Waals surface area contributed by atoms with Crippen LogP contribution in [0, 0.1) is 5.92 Å². The second-order valence-electron chi connectivity index (χ2n) is 5.07. The lowest BCUT2D eigenvalue weighted by atomic mass is 10.1. The summed E-state index contributed by atoms with van der Waals surface area (Å²) < 4.78 is 22.2. The third-order valence-corrected chi connectivity index (χ3v) is 4.35. The Morgan fingerprint density at radius 3 is 2.38 bits per heavy atom. The molecular formula is C14H19N3O3S. The third kappa shape index (κ3) is 4.87. The number of hydrogen-bond donors (Lipinski definition) is 3. The van der Waals surface area contributed by atoms with E-state index in [1.807, 2.05) is 6.08 Å². The molecule has 0 unspecified atom stereocenters. The third-order valence-electron chi connectivity index (χ3n) is 3.42. The summed E-state index contributed by atoms with van der Waals surface area (Å²) in [5.74, 6) is 0.555. The number of hydrogen-bond acceptors (Lipinski definition) is 3. The molecule has 1 aliphatic rings. The Bertz CT molecular complexity index is 617. The zero-order valence-corrected chi connectivity index (χ0v) is 12.4. The number of anilines is 1. The van der Waals surface area contributed by atoms with Crippen LogP contribution >= 0.6 is 0 Å². The molecule has 0 atom stereocenters. The van der Waals surface area contributed by atoms with E-state index in [1.54, 1.807) is 6.20 Å². The Hall–Kier alpha value is -1.86. The number of allylic oxidation sites excluding steroid dienone is 1. The Morgan fingerprint density at radius 1 is 1.19 bits per heavy atom. The second kappa shape index (κ2) is 6.73. The van der Waals surface area contributed by atoms with E-state index in [2.05, 4.69) is 10.6 Å². The van der Waals surface area contributed by atoms with Gasteiger partial charge in [-0.15, -0.1) is 0 Å². The van der Waals surface area contributed by atoms with Gasteiger partial charge in [-0.05, 0) is 43.0 Å². The summed E-state index contributed by atoms with van der Waals surface area (Å²) in [6.45, 7) is 0. The van der Waals surface area contributed by atoms with Crippen molar-refractivity contribution < 1.29 is 13.2 Å². The summed E-state index contributed by atoms with van der Waals surface area (Å²) in [5, 5.41) is 10.2. The smallest absolute Gasteiger partial charge is 0.315 e. The van der Waals surface area contributed by atoms with Crippen LogP contribution < -0.4 is 15.8 Å². The van der Waals surface area contributed by atoms with Gasteiger partial charge in [-0.3, -0.25) is 0 Å². The van der Waals surface area contributed by atoms with Gasteiger partial charge in [-0.25, -0.2) is 18.4 Å². The highest BCUT2D eigenvalue weighted by atomic mass is 32.2. The first-order valence-electron chi connectivity index (χ1n) is 6.82. The lowest BCUT2D eigenvalue weighted by Crippen LogP contribution is -2.24. The lowest BCUT2D eigenvalue weighted by Gasteiger charge is -2.06. The van der Waals surface area contributed by atoms with E-state index in [0.717, 1.165) is 0 Å². The van der Waals surface area contributed by atoms with Crippen molar-refractivity contribution >= 4 is 21.7 Å². The summed E-state index contributed by atoms with van der Waals surface area (Å²) in [7, 11) is -3.71. The molecule has 1 aliphatic carbocycles. The summed E-state index contributed by atoms with van der Waals surface area (Å²) >= 11 is 0. The van der Waals surface area contributed by atoms with Crippen molar-refractivity contribution in [1.29, 1.82) is 0 Å². The predicted octanol–water partition coefficient (Wildman–Crippen LogP) is 2.16. The Morgan fingerprint density at radius 2 is 1.81 bits per heavy atom. The number of amides is 2. The molecule has 4 N–H and O–H groups in total. The molecule has 0 aromatic heterocycles. The van der Waals surface area contributed by atoms with E-state index in [9.17, 15) is 13.2 Å². The number of sulfonamides is 1. The molecule has 2 amide bonds. The average molecular weight is 309 g/mol. The van der Waals surface area contributed by atoms with Crippen molar-refractivity contribution in [3.8, 4) is 0 Å². The minimum atomic E-state index is -3.71. The maximum atomic E-state index is 11.7. The molecule has 0 radical (unpaired) electrons. The highest BCUT2D eigenvalue weighted by molar-refractivity contribution is 7.89. The largest absolute Gasteiger partial charge is 0.323 e. The molecular weight excluding hydrogens is 290 g/mol. The van der Waals surface area contributed by atoms with Crippen LogP contribution in [0.1, 0.15) is 25.7 Å². The van der Waals surface area contributed by atoms with Crippen LogP contribution in [0.4, 0.5) is 10.5 Å². The Kier molecular flexibility index (Phi) is 4.98. The molecule has 7 heteroatoms. The van der Waals surface area contributed by atoms with Crippen LogP contribution in [0.5, 0.6) is 0 Å². The molecule has 1 saturated carbocycles. The van der Waals surface area contributed by atoms with E-state index in [-0.39, 0.29) is 10.9 Å². The fraction of sp³-hybridized carbons (Fsp3) is 0.357. The zero-order chi connectivity index (χ0) is 15.3. The zero-order valence-electron chi connectivity index (χ0n) is 11.6. The summed E-state index contributed by atoms with van der Waals surface area (Å²) in [6.07, 6.45) is 8.51. The predicted molar refractivity (Wildman–Crippen MR) is 81.1 cm³/mol. The van der Waals surface area contributed by atoms with Crippen molar-refractivity contribution in [3.63, 3.8) is 0 Å². The molecule has 0 saturated heterocycles. The fourth-order valence-electron chi connectivity index (χ4n) is 2.30. The number of rotatable bonds is 4. The SMILES string of the molecule is NS(=O)(=O)c1ccc(NC(=O)N/C=C/C2CCCC2)cc1. The molecule has 0 spiro atoms. The van der Waals surface area contributed by atoms with Crippen LogP contribution in [0.25, 0.3) is 0 Å². The van der Waals surface area contributed by atoms with Gasteiger partial charge in [-0.2, -0.15) is 0 Å². The number of nitrogens with one attached hydrogen (secondary N) is 2.